The quantitative estimate of drug-likeness (QED) is 0.852. The topological polar surface area (TPSA) is 46.2 Å². The number of aryl methyl sites for hydroxylation is 1. The van der Waals surface area contributed by atoms with Crippen LogP contribution in [0.2, 0.25) is 0 Å². The minimum atomic E-state index is -0.470. The van der Waals surface area contributed by atoms with Crippen LogP contribution in [0, 0.1) is 12.7 Å². The molecule has 0 fully saturated rings. The van der Waals surface area contributed by atoms with Crippen LogP contribution in [-0.2, 0) is 4.79 Å². The Labute approximate surface area is 120 Å². The third-order valence-corrected chi connectivity index (χ3v) is 3.68. The normalized spacial score (nSPS) is 10.3. The van der Waals surface area contributed by atoms with E-state index in [0.29, 0.717) is 4.88 Å². The molecule has 1 aromatic heterocycles. The molecule has 0 atom stereocenters. The fraction of sp³-hybridized carbons (Fsp3) is 0.200. The van der Waals surface area contributed by atoms with Gasteiger partial charge in [0, 0.05) is 12.8 Å². The molecule has 104 valence electrons. The summed E-state index contributed by atoms with van der Waals surface area (Å²) in [5.74, 6) is -0.903. The van der Waals surface area contributed by atoms with Crippen LogP contribution >= 0.6 is 11.3 Å². The Morgan fingerprint density at radius 1 is 1.25 bits per heavy atom. The van der Waals surface area contributed by atoms with Crippen LogP contribution in [0.3, 0.4) is 0 Å². The van der Waals surface area contributed by atoms with Crippen molar-refractivity contribution < 1.29 is 14.0 Å². The number of thiophene rings is 1. The minimum Gasteiger partial charge on any atom is -0.324 e. The second-order valence-corrected chi connectivity index (χ2v) is 5.38. The molecule has 0 saturated carbocycles. The average molecular weight is 291 g/mol. The number of hydrogen-bond acceptors (Lipinski definition) is 3. The van der Waals surface area contributed by atoms with E-state index < -0.39 is 5.82 Å². The summed E-state index contributed by atoms with van der Waals surface area (Å²) < 4.78 is 13.6. The van der Waals surface area contributed by atoms with Gasteiger partial charge in [-0.3, -0.25) is 9.59 Å². The molecule has 0 spiro atoms. The summed E-state index contributed by atoms with van der Waals surface area (Å²) in [6.45, 7) is 1.77. The molecule has 3 nitrogen and oxygen atoms in total. The fourth-order valence-corrected chi connectivity index (χ4v) is 2.42. The number of Topliss-reactive ketones (excluding diaryl/α,β-unsaturated/α-hetero) is 1. The Balaban J connectivity index is 1.88. The van der Waals surface area contributed by atoms with E-state index in [1.807, 2.05) is 5.38 Å². The molecule has 2 aromatic rings. The molecule has 5 heteroatoms. The van der Waals surface area contributed by atoms with Crippen LogP contribution in [0.15, 0.2) is 35.7 Å². The van der Waals surface area contributed by atoms with Gasteiger partial charge in [0.1, 0.15) is 5.82 Å². The number of ketones is 1. The van der Waals surface area contributed by atoms with Crippen molar-refractivity contribution in [2.24, 2.45) is 0 Å². The number of benzene rings is 1. The summed E-state index contributed by atoms with van der Waals surface area (Å²) in [6, 6.07) is 8.11. The zero-order chi connectivity index (χ0) is 14.5. The zero-order valence-corrected chi connectivity index (χ0v) is 11.8. The monoisotopic (exact) mass is 291 g/mol. The van der Waals surface area contributed by atoms with Crippen LogP contribution in [0.5, 0.6) is 0 Å². The number of halogens is 1. The molecule has 0 unspecified atom stereocenters. The number of carbonyl (C=O) groups excluding carboxylic acids is 2. The van der Waals surface area contributed by atoms with Crippen molar-refractivity contribution in [1.82, 2.24) is 0 Å². The molecule has 0 aliphatic heterocycles. The molecule has 1 N–H and O–H groups in total. The van der Waals surface area contributed by atoms with E-state index >= 15 is 0 Å². The molecule has 0 radical (unpaired) electrons. The van der Waals surface area contributed by atoms with E-state index in [1.54, 1.807) is 25.1 Å². The second-order valence-electron chi connectivity index (χ2n) is 4.43. The number of carbonyl (C=O) groups is 2. The van der Waals surface area contributed by atoms with Crippen LogP contribution in [0.25, 0.3) is 0 Å². The summed E-state index contributed by atoms with van der Waals surface area (Å²) in [6.07, 6.45) is 0.171. The lowest BCUT2D eigenvalue weighted by Gasteiger charge is -2.06. The molecule has 0 bridgehead atoms. The summed E-state index contributed by atoms with van der Waals surface area (Å²) in [5.41, 5.74) is 0.928. The van der Waals surface area contributed by atoms with Gasteiger partial charge in [0.05, 0.1) is 10.6 Å². The second kappa shape index (κ2) is 6.43. The molecule has 0 aliphatic carbocycles. The Morgan fingerprint density at radius 3 is 2.70 bits per heavy atom. The Hall–Kier alpha value is -2.01. The van der Waals surface area contributed by atoms with Crippen molar-refractivity contribution in [3.63, 3.8) is 0 Å². The van der Waals surface area contributed by atoms with Gasteiger partial charge >= 0.3 is 0 Å². The van der Waals surface area contributed by atoms with Crippen molar-refractivity contribution in [2.45, 2.75) is 19.8 Å². The van der Waals surface area contributed by atoms with E-state index in [0.717, 1.165) is 5.56 Å². The van der Waals surface area contributed by atoms with Crippen molar-refractivity contribution in [3.05, 3.63) is 52.0 Å². The lowest BCUT2D eigenvalue weighted by Crippen LogP contribution is -2.14. The first-order chi connectivity index (χ1) is 9.56. The lowest BCUT2D eigenvalue weighted by atomic mass is 10.1. The molecule has 2 rings (SSSR count). The maximum Gasteiger partial charge on any atom is 0.224 e. The average Bonchev–Trinajstić information content (AvgIpc) is 2.93. The first-order valence-electron chi connectivity index (χ1n) is 6.19. The molecule has 20 heavy (non-hydrogen) atoms. The van der Waals surface area contributed by atoms with Gasteiger partial charge < -0.3 is 5.32 Å². The predicted octanol–water partition coefficient (Wildman–Crippen LogP) is 3.80. The first-order valence-corrected chi connectivity index (χ1v) is 7.07. The van der Waals surface area contributed by atoms with Crippen LogP contribution < -0.4 is 5.32 Å². The maximum atomic E-state index is 13.6. The fourth-order valence-electron chi connectivity index (χ4n) is 1.72. The van der Waals surface area contributed by atoms with Gasteiger partial charge in [0.2, 0.25) is 5.91 Å². The highest BCUT2D eigenvalue weighted by Gasteiger charge is 2.11. The van der Waals surface area contributed by atoms with E-state index in [1.165, 1.54) is 23.5 Å². The standard InChI is InChI=1S/C15H14FNO2S/c1-10-4-5-12(11(16)9-10)17-15(19)7-6-13(18)14-3-2-8-20-14/h2-5,8-9H,6-7H2,1H3,(H,17,19). The summed E-state index contributed by atoms with van der Waals surface area (Å²) >= 11 is 1.35. The van der Waals surface area contributed by atoms with Crippen molar-refractivity contribution >= 4 is 28.7 Å². The van der Waals surface area contributed by atoms with Gasteiger partial charge in [-0.2, -0.15) is 0 Å². The highest BCUT2D eigenvalue weighted by atomic mass is 32.1. The predicted molar refractivity (Wildman–Crippen MR) is 77.7 cm³/mol. The molecular weight excluding hydrogens is 277 g/mol. The number of amides is 1. The molecule has 1 aromatic carbocycles. The van der Waals surface area contributed by atoms with Gasteiger partial charge in [0.15, 0.2) is 5.78 Å². The van der Waals surface area contributed by atoms with Crippen LogP contribution in [0.4, 0.5) is 10.1 Å². The Kier molecular flexibility index (Phi) is 4.63. The van der Waals surface area contributed by atoms with Gasteiger partial charge in [0.25, 0.3) is 0 Å². The number of nitrogens with one attached hydrogen (secondary N) is 1. The van der Waals surface area contributed by atoms with Gasteiger partial charge in [-0.05, 0) is 36.1 Å². The van der Waals surface area contributed by atoms with Crippen LogP contribution in [-0.4, -0.2) is 11.7 Å². The number of hydrogen-bond donors (Lipinski definition) is 1. The van der Waals surface area contributed by atoms with Crippen molar-refractivity contribution in [2.75, 3.05) is 5.32 Å². The number of rotatable bonds is 5. The Bertz CT molecular complexity index is 623. The molecule has 1 amide bonds. The molecule has 1 heterocycles. The van der Waals surface area contributed by atoms with E-state index in [4.69, 9.17) is 0 Å². The third-order valence-electron chi connectivity index (χ3n) is 2.77. The summed E-state index contributed by atoms with van der Waals surface area (Å²) in [7, 11) is 0. The van der Waals surface area contributed by atoms with E-state index in [-0.39, 0.29) is 30.2 Å². The smallest absolute Gasteiger partial charge is 0.224 e. The maximum absolute atomic E-state index is 13.6. The van der Waals surface area contributed by atoms with Crippen molar-refractivity contribution in [3.8, 4) is 0 Å². The van der Waals surface area contributed by atoms with Crippen LogP contribution in [0.1, 0.15) is 28.1 Å². The number of anilines is 1. The first kappa shape index (κ1) is 14.4. The van der Waals surface area contributed by atoms with Crippen molar-refractivity contribution in [1.29, 1.82) is 0 Å². The van der Waals surface area contributed by atoms with Gasteiger partial charge in [-0.1, -0.05) is 12.1 Å². The summed E-state index contributed by atoms with van der Waals surface area (Å²) in [5, 5.41) is 4.29. The minimum absolute atomic E-state index is 0.0457. The molecule has 0 saturated heterocycles. The van der Waals surface area contributed by atoms with E-state index in [2.05, 4.69) is 5.32 Å². The zero-order valence-electron chi connectivity index (χ0n) is 11.0. The summed E-state index contributed by atoms with van der Waals surface area (Å²) in [4.78, 5) is 24.1. The molecule has 0 aliphatic rings. The lowest BCUT2D eigenvalue weighted by molar-refractivity contribution is -0.116. The third kappa shape index (κ3) is 3.74. The van der Waals surface area contributed by atoms with Gasteiger partial charge in [-0.15, -0.1) is 11.3 Å². The Morgan fingerprint density at radius 2 is 2.05 bits per heavy atom. The highest BCUT2D eigenvalue weighted by molar-refractivity contribution is 7.12. The SMILES string of the molecule is Cc1ccc(NC(=O)CCC(=O)c2cccs2)c(F)c1. The molecular formula is C15H14FNO2S. The van der Waals surface area contributed by atoms with E-state index in [9.17, 15) is 14.0 Å². The largest absolute Gasteiger partial charge is 0.324 e. The highest BCUT2D eigenvalue weighted by Crippen LogP contribution is 2.16. The van der Waals surface area contributed by atoms with Gasteiger partial charge in [-0.25, -0.2) is 4.39 Å².